The Balaban J connectivity index is 2.08. The van der Waals surface area contributed by atoms with Crippen molar-refractivity contribution >= 4 is 23.4 Å². The molecule has 0 bridgehead atoms. The van der Waals surface area contributed by atoms with E-state index in [1.54, 1.807) is 0 Å². The van der Waals surface area contributed by atoms with Gasteiger partial charge in [-0.1, -0.05) is 30.3 Å². The molecule has 1 spiro atoms. The molecule has 4 rings (SSSR count). The van der Waals surface area contributed by atoms with E-state index < -0.39 is 23.1 Å². The number of hydrogen-bond donors (Lipinski definition) is 0. The highest BCUT2D eigenvalue weighted by Gasteiger charge is 2.78. The van der Waals surface area contributed by atoms with E-state index in [2.05, 4.69) is 0 Å². The maximum Gasteiger partial charge on any atom is 0.346 e. The van der Waals surface area contributed by atoms with Gasteiger partial charge in [0, 0.05) is 6.54 Å². The summed E-state index contributed by atoms with van der Waals surface area (Å²) in [5.41, 5.74) is -1.78. The summed E-state index contributed by atoms with van der Waals surface area (Å²) in [5.74, 6) is -1.66. The quantitative estimate of drug-likeness (QED) is 0.744. The fraction of sp³-hybridized carbons (Fsp3) is 0.421. The summed E-state index contributed by atoms with van der Waals surface area (Å²) < 4.78 is 15.8. The van der Waals surface area contributed by atoms with Crippen molar-refractivity contribution in [3.05, 3.63) is 41.5 Å². The number of Topliss-reactive ketones (excluding diaryl/α,β-unsaturated/α-hetero) is 1. The van der Waals surface area contributed by atoms with Crippen molar-refractivity contribution in [3.63, 3.8) is 0 Å². The summed E-state index contributed by atoms with van der Waals surface area (Å²) in [7, 11) is 2.47. The van der Waals surface area contributed by atoms with Crippen molar-refractivity contribution in [2.45, 2.75) is 24.0 Å². The van der Waals surface area contributed by atoms with Gasteiger partial charge < -0.3 is 19.1 Å². The summed E-state index contributed by atoms with van der Waals surface area (Å²) in [6.07, 6.45) is 1.12. The minimum absolute atomic E-state index is 0.0450. The molecule has 136 valence electrons. The number of methoxy groups -OCH3 is 2. The number of carbonyl (C=O) groups is 3. The van der Waals surface area contributed by atoms with Gasteiger partial charge in [0.05, 0.1) is 19.9 Å². The summed E-state index contributed by atoms with van der Waals surface area (Å²) in [6.45, 7) is 0.298. The molecule has 3 aliphatic rings. The van der Waals surface area contributed by atoms with Crippen LogP contribution in [0.2, 0.25) is 0 Å². The van der Waals surface area contributed by atoms with Crippen LogP contribution in [-0.4, -0.2) is 61.1 Å². The van der Waals surface area contributed by atoms with Crippen LogP contribution in [0.1, 0.15) is 18.4 Å². The van der Waals surface area contributed by atoms with Crippen LogP contribution in [0.15, 0.2) is 35.9 Å². The van der Waals surface area contributed by atoms with Crippen LogP contribution in [0.3, 0.4) is 0 Å². The first-order valence-electron chi connectivity index (χ1n) is 8.46. The molecule has 0 saturated carbocycles. The van der Waals surface area contributed by atoms with E-state index in [1.165, 1.54) is 14.2 Å². The Morgan fingerprint density at radius 1 is 1.15 bits per heavy atom. The second-order valence-corrected chi connectivity index (χ2v) is 6.58. The maximum absolute atomic E-state index is 13.0. The topological polar surface area (TPSA) is 82.1 Å². The lowest BCUT2D eigenvalue weighted by Crippen LogP contribution is -2.62. The molecule has 1 aromatic rings. The van der Waals surface area contributed by atoms with E-state index in [0.717, 1.165) is 5.56 Å². The van der Waals surface area contributed by atoms with Gasteiger partial charge >= 0.3 is 11.9 Å². The third kappa shape index (κ3) is 1.73. The van der Waals surface area contributed by atoms with Crippen molar-refractivity contribution in [2.24, 2.45) is 0 Å². The highest BCUT2D eigenvalue weighted by Crippen LogP contribution is 2.59. The number of hydrogen-bond acceptors (Lipinski definition) is 7. The molecule has 0 N–H and O–H groups in total. The largest absolute Gasteiger partial charge is 0.467 e. The predicted molar refractivity (Wildman–Crippen MR) is 89.8 cm³/mol. The average molecular weight is 357 g/mol. The Labute approximate surface area is 150 Å². The average Bonchev–Trinajstić information content (AvgIpc) is 3.30. The molecule has 3 heterocycles. The van der Waals surface area contributed by atoms with Gasteiger partial charge in [0.25, 0.3) is 0 Å². The molecule has 0 radical (unpaired) electrons. The smallest absolute Gasteiger partial charge is 0.346 e. The van der Waals surface area contributed by atoms with E-state index in [0.29, 0.717) is 25.1 Å². The van der Waals surface area contributed by atoms with Gasteiger partial charge in [-0.25, -0.2) is 9.59 Å². The Kier molecular flexibility index (Phi) is 3.66. The molecule has 7 heteroatoms. The van der Waals surface area contributed by atoms with Gasteiger partial charge in [0.2, 0.25) is 5.60 Å². The monoisotopic (exact) mass is 357 g/mol. The SMILES string of the molecule is COC(=O)C1=C(c2ccccc2)N2CCCC23C(=O)COC13C(=O)OC. The molecule has 0 aromatic heterocycles. The molecule has 3 aliphatic heterocycles. The number of ketones is 1. The third-order valence-corrected chi connectivity index (χ3v) is 5.61. The standard InChI is InChI=1S/C19H19NO6/c1-24-16(22)14-15(12-7-4-3-5-8-12)20-10-6-9-18(20)13(21)11-26-19(14,18)17(23)25-2/h3-5,7-8H,6,9-11H2,1-2H3. The summed E-state index contributed by atoms with van der Waals surface area (Å²) in [4.78, 5) is 40.5. The fourth-order valence-electron chi connectivity index (χ4n) is 4.68. The number of carbonyl (C=O) groups excluding carboxylic acids is 3. The van der Waals surface area contributed by atoms with Gasteiger partial charge in [0.15, 0.2) is 5.78 Å². The summed E-state index contributed by atoms with van der Waals surface area (Å²) in [6, 6.07) is 9.19. The van der Waals surface area contributed by atoms with E-state index in [4.69, 9.17) is 14.2 Å². The lowest BCUT2D eigenvalue weighted by molar-refractivity contribution is -0.169. The zero-order valence-electron chi connectivity index (χ0n) is 14.6. The van der Waals surface area contributed by atoms with Gasteiger partial charge in [-0.2, -0.15) is 0 Å². The van der Waals surface area contributed by atoms with Crippen molar-refractivity contribution in [1.29, 1.82) is 0 Å². The Bertz CT molecular complexity index is 832. The molecule has 7 nitrogen and oxygen atoms in total. The molecular formula is C19H19NO6. The Morgan fingerprint density at radius 2 is 1.88 bits per heavy atom. The zero-order chi connectivity index (χ0) is 18.5. The molecular weight excluding hydrogens is 338 g/mol. The normalized spacial score (nSPS) is 29.6. The lowest BCUT2D eigenvalue weighted by atomic mass is 9.74. The molecule has 0 aliphatic carbocycles. The molecule has 1 aromatic carbocycles. The van der Waals surface area contributed by atoms with Gasteiger partial charge in [-0.05, 0) is 18.4 Å². The van der Waals surface area contributed by atoms with Crippen molar-refractivity contribution < 1.29 is 28.6 Å². The van der Waals surface area contributed by atoms with Crippen LogP contribution in [0.5, 0.6) is 0 Å². The van der Waals surface area contributed by atoms with Crippen molar-refractivity contribution in [3.8, 4) is 0 Å². The highest BCUT2D eigenvalue weighted by atomic mass is 16.6. The van der Waals surface area contributed by atoms with Crippen LogP contribution in [0.4, 0.5) is 0 Å². The van der Waals surface area contributed by atoms with E-state index in [9.17, 15) is 14.4 Å². The molecule has 26 heavy (non-hydrogen) atoms. The summed E-state index contributed by atoms with van der Waals surface area (Å²) >= 11 is 0. The van der Waals surface area contributed by atoms with Crippen LogP contribution in [0, 0.1) is 0 Å². The second kappa shape index (κ2) is 5.67. The molecule has 2 atom stereocenters. The van der Waals surface area contributed by atoms with Crippen molar-refractivity contribution in [1.82, 2.24) is 4.90 Å². The lowest BCUT2D eigenvalue weighted by Gasteiger charge is -2.38. The number of ether oxygens (including phenoxy) is 3. The van der Waals surface area contributed by atoms with E-state index >= 15 is 0 Å². The van der Waals surface area contributed by atoms with Crippen LogP contribution in [0.25, 0.3) is 5.70 Å². The highest BCUT2D eigenvalue weighted by molar-refractivity contribution is 6.16. The number of esters is 2. The van der Waals surface area contributed by atoms with Gasteiger partial charge in [-0.3, -0.25) is 4.79 Å². The Hall–Kier alpha value is -2.67. The number of benzene rings is 1. The van der Waals surface area contributed by atoms with Crippen molar-refractivity contribution in [2.75, 3.05) is 27.4 Å². The first kappa shape index (κ1) is 16.8. The van der Waals surface area contributed by atoms with Gasteiger partial charge in [-0.15, -0.1) is 0 Å². The van der Waals surface area contributed by atoms with Crippen LogP contribution >= 0.6 is 0 Å². The fourth-order valence-corrected chi connectivity index (χ4v) is 4.68. The zero-order valence-corrected chi connectivity index (χ0v) is 14.6. The first-order chi connectivity index (χ1) is 12.5. The maximum atomic E-state index is 13.0. The van der Waals surface area contributed by atoms with Crippen LogP contribution in [-0.2, 0) is 28.6 Å². The third-order valence-electron chi connectivity index (χ3n) is 5.61. The number of nitrogens with zero attached hydrogens (tertiary/aromatic N) is 1. The molecule has 2 fully saturated rings. The first-order valence-corrected chi connectivity index (χ1v) is 8.46. The van der Waals surface area contributed by atoms with Gasteiger partial charge in [0.1, 0.15) is 17.7 Å². The minimum atomic E-state index is -1.80. The predicted octanol–water partition coefficient (Wildman–Crippen LogP) is 0.930. The molecule has 0 amide bonds. The van der Waals surface area contributed by atoms with Crippen LogP contribution < -0.4 is 0 Å². The van der Waals surface area contributed by atoms with E-state index in [-0.39, 0.29) is 18.0 Å². The second-order valence-electron chi connectivity index (χ2n) is 6.58. The van der Waals surface area contributed by atoms with E-state index in [1.807, 2.05) is 35.2 Å². The minimum Gasteiger partial charge on any atom is -0.467 e. The molecule has 2 saturated heterocycles. The molecule has 2 unspecified atom stereocenters. The number of rotatable bonds is 3. The Morgan fingerprint density at radius 3 is 2.54 bits per heavy atom. The summed E-state index contributed by atoms with van der Waals surface area (Å²) in [5, 5.41) is 0.